The fraction of sp³-hybridized carbons (Fsp3) is 0.667. The van der Waals surface area contributed by atoms with Crippen LogP contribution < -0.4 is 40.4 Å². The fourth-order valence-corrected chi connectivity index (χ4v) is 1.64. The monoisotopic (exact) mass is 259 g/mol. The van der Waals surface area contributed by atoms with Crippen molar-refractivity contribution in [2.75, 3.05) is 5.75 Å². The number of carbonyl (C=O) groups is 1. The van der Waals surface area contributed by atoms with Gasteiger partial charge in [-0.1, -0.05) is 0 Å². The number of hydrogen-bond donors (Lipinski definition) is 2. The predicted octanol–water partition coefficient (Wildman–Crippen LogP) is -7.05. The Labute approximate surface area is 106 Å². The molecule has 0 aromatic heterocycles. The number of rotatable bonds is 4. The maximum atomic E-state index is 10.0. The van der Waals surface area contributed by atoms with Crippen molar-refractivity contribution in [3.05, 3.63) is 0 Å². The second-order valence-electron chi connectivity index (χ2n) is 1.64. The largest absolute Gasteiger partial charge is 1.00 e. The van der Waals surface area contributed by atoms with E-state index in [1.54, 1.807) is 0 Å². The van der Waals surface area contributed by atoms with Gasteiger partial charge in [0, 0.05) is 5.75 Å². The van der Waals surface area contributed by atoms with Gasteiger partial charge in [0.15, 0.2) is 0 Å². The summed E-state index contributed by atoms with van der Waals surface area (Å²) in [6, 6.07) is -1.39. The molecular formula is C3H10NNaO7S2. The molecule has 0 radical (unpaired) electrons. The van der Waals surface area contributed by atoms with Gasteiger partial charge in [-0.15, -0.1) is 0 Å². The van der Waals surface area contributed by atoms with Gasteiger partial charge in [-0.2, -0.15) is 8.42 Å². The number of carbonyl (C=O) groups excluding carboxylic acids is 1. The van der Waals surface area contributed by atoms with Crippen LogP contribution in [-0.4, -0.2) is 41.7 Å². The van der Waals surface area contributed by atoms with Gasteiger partial charge in [-0.25, -0.2) is 0 Å². The quantitative estimate of drug-likeness (QED) is 0.285. The molecule has 1 atom stereocenters. The third-order valence-electron chi connectivity index (χ3n) is 0.699. The molecule has 14 heavy (non-hydrogen) atoms. The Bertz CT molecular complexity index is 241. The zero-order valence-electron chi connectivity index (χ0n) is 7.26. The number of carboxylic acids is 1. The summed E-state index contributed by atoms with van der Waals surface area (Å²) in [5, 5.41) is 9.89. The second kappa shape index (κ2) is 10.1. The summed E-state index contributed by atoms with van der Waals surface area (Å²) in [6.45, 7) is 0. The van der Waals surface area contributed by atoms with Crippen molar-refractivity contribution in [3.8, 4) is 0 Å². The predicted molar refractivity (Wildman–Crippen MR) is 44.2 cm³/mol. The maximum absolute atomic E-state index is 10.0. The molecule has 0 aromatic rings. The maximum Gasteiger partial charge on any atom is 1.00 e. The number of nitrogens with two attached hydrogens (primary N) is 1. The average Bonchev–Trinajstić information content (AvgIpc) is 1.80. The van der Waals surface area contributed by atoms with E-state index in [9.17, 15) is 18.3 Å². The van der Waals surface area contributed by atoms with E-state index < -0.39 is 26.9 Å². The number of hydrogen-bond acceptors (Lipinski definition) is 6. The normalized spacial score (nSPS) is 11.3. The Morgan fingerprint density at radius 2 is 1.86 bits per heavy atom. The van der Waals surface area contributed by atoms with Crippen LogP contribution in [0.3, 0.4) is 0 Å². The molecule has 0 aliphatic carbocycles. The van der Waals surface area contributed by atoms with Gasteiger partial charge in [-0.05, 0) is 10.8 Å². The van der Waals surface area contributed by atoms with Crippen molar-refractivity contribution in [2.45, 2.75) is 6.04 Å². The molecule has 8 nitrogen and oxygen atoms in total. The van der Waals surface area contributed by atoms with Gasteiger partial charge in [0.1, 0.15) is 0 Å². The van der Waals surface area contributed by atoms with Gasteiger partial charge in [-0.3, -0.25) is 4.55 Å². The minimum Gasteiger partial charge on any atom is -0.548 e. The summed E-state index contributed by atoms with van der Waals surface area (Å²) >= 11 is 0. The van der Waals surface area contributed by atoms with Crippen LogP contribution >= 0.6 is 10.8 Å². The Morgan fingerprint density at radius 3 is 2.07 bits per heavy atom. The SMILES string of the molecule is N[C@@H](CSS(=O)(=O)O)C(=O)[O-].O.O.[Na+]. The van der Waals surface area contributed by atoms with Gasteiger partial charge in [0.2, 0.25) is 0 Å². The Kier molecular flexibility index (Phi) is 17.4. The molecule has 0 aliphatic heterocycles. The smallest absolute Gasteiger partial charge is 0.548 e. The van der Waals surface area contributed by atoms with Crippen LogP contribution in [0.5, 0.6) is 0 Å². The number of aliphatic carboxylic acids is 1. The Hall–Kier alpha value is 0.610. The van der Waals surface area contributed by atoms with Crippen molar-refractivity contribution in [1.82, 2.24) is 0 Å². The van der Waals surface area contributed by atoms with Crippen LogP contribution in [0.1, 0.15) is 0 Å². The van der Waals surface area contributed by atoms with Crippen molar-refractivity contribution >= 4 is 25.9 Å². The van der Waals surface area contributed by atoms with Crippen molar-refractivity contribution in [3.63, 3.8) is 0 Å². The van der Waals surface area contributed by atoms with E-state index in [1.807, 2.05) is 0 Å². The van der Waals surface area contributed by atoms with E-state index in [1.165, 1.54) is 0 Å². The molecule has 0 saturated carbocycles. The molecule has 0 amide bonds. The summed E-state index contributed by atoms with van der Waals surface area (Å²) in [4.78, 5) is 9.89. The first-order chi connectivity index (χ1) is 4.83. The Morgan fingerprint density at radius 1 is 1.50 bits per heavy atom. The molecule has 0 aliphatic rings. The third-order valence-corrected chi connectivity index (χ3v) is 2.79. The zero-order valence-corrected chi connectivity index (χ0v) is 10.9. The molecule has 0 fully saturated rings. The van der Waals surface area contributed by atoms with E-state index in [0.29, 0.717) is 0 Å². The molecule has 0 heterocycles. The molecule has 0 bridgehead atoms. The molecule has 0 unspecified atom stereocenters. The minimum atomic E-state index is -4.21. The van der Waals surface area contributed by atoms with Crippen molar-refractivity contribution in [1.29, 1.82) is 0 Å². The second-order valence-corrected chi connectivity index (χ2v) is 5.03. The molecule has 11 heteroatoms. The van der Waals surface area contributed by atoms with Gasteiger partial charge in [0.25, 0.3) is 0 Å². The van der Waals surface area contributed by atoms with E-state index in [0.717, 1.165) is 0 Å². The zero-order chi connectivity index (χ0) is 9.07. The summed E-state index contributed by atoms with van der Waals surface area (Å²) in [7, 11) is -4.16. The molecule has 0 saturated heterocycles. The van der Waals surface area contributed by atoms with Crippen LogP contribution in [0.4, 0.5) is 0 Å². The van der Waals surface area contributed by atoms with E-state index >= 15 is 0 Å². The molecule has 0 aromatic carbocycles. The topological polar surface area (TPSA) is 184 Å². The van der Waals surface area contributed by atoms with Gasteiger partial charge >= 0.3 is 38.7 Å². The first-order valence-electron chi connectivity index (χ1n) is 2.41. The van der Waals surface area contributed by atoms with Gasteiger partial charge in [0.05, 0.1) is 12.0 Å². The summed E-state index contributed by atoms with van der Waals surface area (Å²) in [5.41, 5.74) is 4.87. The molecule has 0 spiro atoms. The first-order valence-corrected chi connectivity index (χ1v) is 5.35. The van der Waals surface area contributed by atoms with Crippen LogP contribution in [0.2, 0.25) is 0 Å². The molecule has 0 rings (SSSR count). The van der Waals surface area contributed by atoms with Crippen molar-refractivity contribution in [2.24, 2.45) is 5.73 Å². The van der Waals surface area contributed by atoms with Crippen molar-refractivity contribution < 1.29 is 63.4 Å². The van der Waals surface area contributed by atoms with Crippen LogP contribution in [0, 0.1) is 0 Å². The minimum absolute atomic E-state index is 0. The van der Waals surface area contributed by atoms with Crippen LogP contribution in [-0.2, 0) is 13.9 Å². The Balaban J connectivity index is -0.000000167. The summed E-state index contributed by atoms with van der Waals surface area (Å²) < 4.78 is 28.1. The average molecular weight is 259 g/mol. The molecule has 7 N–H and O–H groups in total. The van der Waals surface area contributed by atoms with E-state index in [2.05, 4.69) is 0 Å². The standard InChI is InChI=1S/C3H7NO5S2.Na.2H2O/c4-2(3(5)6)1-10-11(7,8)9;;;/h2H,1,4H2,(H,5,6)(H,7,8,9);;2*1H2/q;+1;;/p-1/t2-;;;/m0.../s1. The molecule has 82 valence electrons. The molecular weight excluding hydrogens is 249 g/mol. The fourth-order valence-electron chi connectivity index (χ4n) is 0.227. The van der Waals surface area contributed by atoms with Crippen LogP contribution in [0.25, 0.3) is 0 Å². The number of carboxylic acid groups (broad SMARTS) is 1. The summed E-state index contributed by atoms with van der Waals surface area (Å²) in [6.07, 6.45) is 0. The van der Waals surface area contributed by atoms with Gasteiger partial charge < -0.3 is 26.6 Å². The van der Waals surface area contributed by atoms with E-state index in [-0.39, 0.29) is 51.3 Å². The van der Waals surface area contributed by atoms with E-state index in [4.69, 9.17) is 10.3 Å². The first kappa shape index (κ1) is 24.0. The third kappa shape index (κ3) is 15.1. The van der Waals surface area contributed by atoms with Crippen LogP contribution in [0.15, 0.2) is 0 Å². The summed E-state index contributed by atoms with van der Waals surface area (Å²) in [5.74, 6) is -1.98.